The molecule has 2 aromatic rings. The number of benzene rings is 1. The van der Waals surface area contributed by atoms with Gasteiger partial charge in [-0.1, -0.05) is 0 Å². The van der Waals surface area contributed by atoms with Gasteiger partial charge in [-0.2, -0.15) is 0 Å². The van der Waals surface area contributed by atoms with E-state index in [1.54, 1.807) is 0 Å². The smallest absolute Gasteiger partial charge is 0.140 e. The van der Waals surface area contributed by atoms with Crippen molar-refractivity contribution in [3.05, 3.63) is 41.2 Å². The average Bonchev–Trinajstić information content (AvgIpc) is 3.16. The molecule has 23 heavy (non-hydrogen) atoms. The SMILES string of the molecule is Fc1ccc(-c2nc3c([nH]2)CN(C[C@H]2CCOC2)CC3)c(F)c1. The van der Waals surface area contributed by atoms with Crippen molar-refractivity contribution in [1.29, 1.82) is 0 Å². The molecule has 6 heteroatoms. The lowest BCUT2D eigenvalue weighted by Crippen LogP contribution is -2.34. The number of hydrogen-bond acceptors (Lipinski definition) is 3. The van der Waals surface area contributed by atoms with E-state index in [9.17, 15) is 8.78 Å². The molecule has 0 spiro atoms. The van der Waals surface area contributed by atoms with Crippen LogP contribution in [0, 0.1) is 17.6 Å². The Morgan fingerprint density at radius 1 is 1.35 bits per heavy atom. The monoisotopic (exact) mass is 319 g/mol. The second-order valence-electron chi connectivity index (χ2n) is 6.35. The second kappa shape index (κ2) is 6.02. The van der Waals surface area contributed by atoms with E-state index in [-0.39, 0.29) is 0 Å². The van der Waals surface area contributed by atoms with Crippen LogP contribution >= 0.6 is 0 Å². The zero-order chi connectivity index (χ0) is 15.8. The number of ether oxygens (including phenoxy) is 1. The second-order valence-corrected chi connectivity index (χ2v) is 6.35. The van der Waals surface area contributed by atoms with Gasteiger partial charge in [0.25, 0.3) is 0 Å². The maximum Gasteiger partial charge on any atom is 0.140 e. The van der Waals surface area contributed by atoms with E-state index in [0.29, 0.717) is 17.3 Å². The lowest BCUT2D eigenvalue weighted by molar-refractivity contribution is 0.161. The van der Waals surface area contributed by atoms with E-state index in [4.69, 9.17) is 4.74 Å². The Balaban J connectivity index is 1.52. The molecule has 0 unspecified atom stereocenters. The molecule has 0 bridgehead atoms. The highest BCUT2D eigenvalue weighted by Gasteiger charge is 2.25. The predicted octanol–water partition coefficient (Wildman–Crippen LogP) is 2.75. The van der Waals surface area contributed by atoms with Gasteiger partial charge in [0.1, 0.15) is 17.5 Å². The van der Waals surface area contributed by atoms with E-state index < -0.39 is 11.6 Å². The highest BCUT2D eigenvalue weighted by molar-refractivity contribution is 5.57. The Morgan fingerprint density at radius 3 is 3.04 bits per heavy atom. The quantitative estimate of drug-likeness (QED) is 0.946. The molecule has 0 amide bonds. The molecular weight excluding hydrogens is 300 g/mol. The molecule has 3 heterocycles. The van der Waals surface area contributed by atoms with Gasteiger partial charge in [-0.15, -0.1) is 0 Å². The number of hydrogen-bond donors (Lipinski definition) is 1. The summed E-state index contributed by atoms with van der Waals surface area (Å²) >= 11 is 0. The zero-order valence-corrected chi connectivity index (χ0v) is 12.8. The van der Waals surface area contributed by atoms with Crippen molar-refractivity contribution in [2.75, 3.05) is 26.3 Å². The van der Waals surface area contributed by atoms with Gasteiger partial charge in [0.05, 0.1) is 23.6 Å². The fraction of sp³-hybridized carbons (Fsp3) is 0.471. The molecule has 2 aliphatic rings. The molecule has 122 valence electrons. The highest BCUT2D eigenvalue weighted by atomic mass is 19.1. The van der Waals surface area contributed by atoms with Gasteiger partial charge < -0.3 is 9.72 Å². The lowest BCUT2D eigenvalue weighted by atomic mass is 10.1. The van der Waals surface area contributed by atoms with Crippen molar-refractivity contribution in [3.63, 3.8) is 0 Å². The fourth-order valence-electron chi connectivity index (χ4n) is 3.41. The topological polar surface area (TPSA) is 41.2 Å². The third kappa shape index (κ3) is 3.01. The number of imidazole rings is 1. The summed E-state index contributed by atoms with van der Waals surface area (Å²) in [5, 5.41) is 0. The summed E-state index contributed by atoms with van der Waals surface area (Å²) in [6, 6.07) is 3.58. The number of nitrogens with one attached hydrogen (secondary N) is 1. The molecule has 1 aromatic carbocycles. The Bertz CT molecular complexity index is 710. The minimum atomic E-state index is -0.587. The minimum Gasteiger partial charge on any atom is -0.381 e. The zero-order valence-electron chi connectivity index (χ0n) is 12.8. The largest absolute Gasteiger partial charge is 0.381 e. The number of fused-ring (bicyclic) bond motifs is 1. The van der Waals surface area contributed by atoms with Crippen LogP contribution in [0.4, 0.5) is 8.78 Å². The maximum atomic E-state index is 13.9. The summed E-state index contributed by atoms with van der Waals surface area (Å²) in [5.74, 6) is -0.0735. The van der Waals surface area contributed by atoms with Crippen molar-refractivity contribution < 1.29 is 13.5 Å². The Morgan fingerprint density at radius 2 is 2.26 bits per heavy atom. The van der Waals surface area contributed by atoms with Crippen LogP contribution in [0.1, 0.15) is 17.8 Å². The maximum absolute atomic E-state index is 13.9. The van der Waals surface area contributed by atoms with E-state index in [1.165, 1.54) is 12.1 Å². The summed E-state index contributed by atoms with van der Waals surface area (Å²) in [4.78, 5) is 10.1. The van der Waals surface area contributed by atoms with E-state index in [2.05, 4.69) is 14.9 Å². The molecule has 2 aliphatic heterocycles. The number of aromatic nitrogens is 2. The van der Waals surface area contributed by atoms with Gasteiger partial charge in [-0.05, 0) is 24.5 Å². The van der Waals surface area contributed by atoms with Gasteiger partial charge in [-0.3, -0.25) is 4.90 Å². The molecule has 1 aromatic heterocycles. The molecule has 0 saturated carbocycles. The summed E-state index contributed by atoms with van der Waals surface area (Å²) in [5.41, 5.74) is 2.34. The number of aromatic amines is 1. The average molecular weight is 319 g/mol. The molecule has 0 radical (unpaired) electrons. The lowest BCUT2D eigenvalue weighted by Gasteiger charge is -2.27. The van der Waals surface area contributed by atoms with Gasteiger partial charge in [-0.25, -0.2) is 13.8 Å². The predicted molar refractivity (Wildman–Crippen MR) is 81.8 cm³/mol. The molecule has 1 N–H and O–H groups in total. The van der Waals surface area contributed by atoms with Gasteiger partial charge in [0.2, 0.25) is 0 Å². The summed E-state index contributed by atoms with van der Waals surface area (Å²) < 4.78 is 32.4. The summed E-state index contributed by atoms with van der Waals surface area (Å²) in [7, 11) is 0. The van der Waals surface area contributed by atoms with Crippen LogP contribution in [0.3, 0.4) is 0 Å². The molecule has 1 fully saturated rings. The first-order valence-electron chi connectivity index (χ1n) is 8.02. The first-order chi connectivity index (χ1) is 11.2. The van der Waals surface area contributed by atoms with Gasteiger partial charge in [0.15, 0.2) is 0 Å². The first kappa shape index (κ1) is 14.8. The number of rotatable bonds is 3. The number of halogens is 2. The standard InChI is InChI=1S/C17H19F2N3O/c18-12-1-2-13(14(19)7-12)17-20-15-3-5-22(9-16(15)21-17)8-11-4-6-23-10-11/h1-2,7,11H,3-6,8-10H2,(H,20,21)/t11-/m1/s1. The normalized spacial score (nSPS) is 21.6. The first-order valence-corrected chi connectivity index (χ1v) is 8.02. The Kier molecular flexibility index (Phi) is 3.87. The van der Waals surface area contributed by atoms with Crippen LogP contribution < -0.4 is 0 Å². The molecule has 1 atom stereocenters. The molecule has 4 rings (SSSR count). The summed E-state index contributed by atoms with van der Waals surface area (Å²) in [6.07, 6.45) is 1.97. The van der Waals surface area contributed by atoms with Crippen molar-refractivity contribution >= 4 is 0 Å². The van der Waals surface area contributed by atoms with Crippen LogP contribution in [-0.2, 0) is 17.7 Å². The van der Waals surface area contributed by atoms with E-state index in [0.717, 1.165) is 63.1 Å². The van der Waals surface area contributed by atoms with Crippen LogP contribution in [0.25, 0.3) is 11.4 Å². The highest BCUT2D eigenvalue weighted by Crippen LogP contribution is 2.26. The van der Waals surface area contributed by atoms with Crippen LogP contribution in [0.2, 0.25) is 0 Å². The molecule has 1 saturated heterocycles. The third-order valence-electron chi connectivity index (χ3n) is 4.64. The fourth-order valence-corrected chi connectivity index (χ4v) is 3.41. The van der Waals surface area contributed by atoms with Crippen molar-refractivity contribution in [3.8, 4) is 11.4 Å². The number of nitrogens with zero attached hydrogens (tertiary/aromatic N) is 2. The molecule has 0 aliphatic carbocycles. The van der Waals surface area contributed by atoms with Crippen LogP contribution in [-0.4, -0.2) is 41.2 Å². The minimum absolute atomic E-state index is 0.316. The Hall–Kier alpha value is -1.79. The van der Waals surface area contributed by atoms with E-state index in [1.807, 2.05) is 0 Å². The van der Waals surface area contributed by atoms with Crippen molar-refractivity contribution in [2.45, 2.75) is 19.4 Å². The third-order valence-corrected chi connectivity index (χ3v) is 4.64. The van der Waals surface area contributed by atoms with Gasteiger partial charge in [0, 0.05) is 38.7 Å². The molecular formula is C17H19F2N3O. The number of H-pyrrole nitrogens is 1. The molecule has 4 nitrogen and oxygen atoms in total. The van der Waals surface area contributed by atoms with E-state index >= 15 is 0 Å². The van der Waals surface area contributed by atoms with Crippen molar-refractivity contribution in [2.24, 2.45) is 5.92 Å². The van der Waals surface area contributed by atoms with Crippen LogP contribution in [0.15, 0.2) is 18.2 Å². The van der Waals surface area contributed by atoms with Gasteiger partial charge >= 0.3 is 0 Å². The Labute approximate surface area is 133 Å². The summed E-state index contributed by atoms with van der Waals surface area (Å²) in [6.45, 7) is 4.49. The van der Waals surface area contributed by atoms with Crippen LogP contribution in [0.5, 0.6) is 0 Å². The van der Waals surface area contributed by atoms with Crippen molar-refractivity contribution in [1.82, 2.24) is 14.9 Å².